The van der Waals surface area contributed by atoms with Crippen molar-refractivity contribution in [3.63, 3.8) is 0 Å². The van der Waals surface area contributed by atoms with Crippen LogP contribution in [0.1, 0.15) is 48.4 Å². The molecule has 1 aliphatic heterocycles. The summed E-state index contributed by atoms with van der Waals surface area (Å²) in [5.41, 5.74) is 4.64. The normalized spacial score (nSPS) is 19.1. The molecule has 0 bridgehead atoms. The van der Waals surface area contributed by atoms with Gasteiger partial charge in [0.25, 0.3) is 0 Å². The molecular weight excluding hydrogens is 410 g/mol. The summed E-state index contributed by atoms with van der Waals surface area (Å²) in [7, 11) is -3.01. The summed E-state index contributed by atoms with van der Waals surface area (Å²) >= 11 is 0. The van der Waals surface area contributed by atoms with E-state index in [0.29, 0.717) is 25.4 Å². The number of hydrogen-bond donors (Lipinski definition) is 1. The molecule has 1 aliphatic rings. The first-order chi connectivity index (χ1) is 14.6. The van der Waals surface area contributed by atoms with E-state index in [4.69, 9.17) is 4.74 Å². The second-order valence-electron chi connectivity index (χ2n) is 9.17. The first kappa shape index (κ1) is 23.8. The Kier molecular flexibility index (Phi) is 7.78. The quantitative estimate of drug-likeness (QED) is 0.635. The second kappa shape index (κ2) is 10.2. The minimum absolute atomic E-state index is 0.0781. The monoisotopic (exact) mass is 445 g/mol. The summed E-state index contributed by atoms with van der Waals surface area (Å²) in [4.78, 5) is 2.10. The van der Waals surface area contributed by atoms with E-state index < -0.39 is 15.9 Å². The third kappa shape index (κ3) is 7.06. The molecule has 2 unspecified atom stereocenters. The van der Waals surface area contributed by atoms with Gasteiger partial charge in [-0.1, -0.05) is 44.2 Å². The SMILES string of the molecule is Cc1cc(C)cc(OCC(O)CN(Cc2ccc(C(C)C)cc2)C2CCS(=O)(=O)C2)c1. The van der Waals surface area contributed by atoms with Gasteiger partial charge >= 0.3 is 0 Å². The van der Waals surface area contributed by atoms with Crippen LogP contribution in [0.2, 0.25) is 0 Å². The highest BCUT2D eigenvalue weighted by atomic mass is 32.2. The van der Waals surface area contributed by atoms with E-state index in [0.717, 1.165) is 22.4 Å². The molecule has 0 aliphatic carbocycles. The summed E-state index contributed by atoms with van der Waals surface area (Å²) in [6.07, 6.45) is -0.101. The molecule has 6 heteroatoms. The number of benzene rings is 2. The number of ether oxygens (including phenoxy) is 1. The molecule has 2 aromatic carbocycles. The van der Waals surface area contributed by atoms with Crippen LogP contribution < -0.4 is 4.74 Å². The summed E-state index contributed by atoms with van der Waals surface area (Å²) < 4.78 is 30.0. The molecule has 170 valence electrons. The zero-order valence-electron chi connectivity index (χ0n) is 19.0. The first-order valence-electron chi connectivity index (χ1n) is 11.0. The fraction of sp³-hybridized carbons (Fsp3) is 0.520. The average Bonchev–Trinajstić information content (AvgIpc) is 3.05. The van der Waals surface area contributed by atoms with Gasteiger partial charge in [0.2, 0.25) is 0 Å². The zero-order chi connectivity index (χ0) is 22.6. The van der Waals surface area contributed by atoms with Crippen molar-refractivity contribution in [2.45, 2.75) is 58.7 Å². The number of aliphatic hydroxyl groups is 1. The smallest absolute Gasteiger partial charge is 0.151 e. The van der Waals surface area contributed by atoms with Crippen LogP contribution in [-0.4, -0.2) is 55.2 Å². The largest absolute Gasteiger partial charge is 0.491 e. The van der Waals surface area contributed by atoms with Crippen molar-refractivity contribution >= 4 is 9.84 Å². The minimum atomic E-state index is -3.01. The molecule has 5 nitrogen and oxygen atoms in total. The molecule has 2 atom stereocenters. The maximum Gasteiger partial charge on any atom is 0.151 e. The number of nitrogens with zero attached hydrogens (tertiary/aromatic N) is 1. The molecule has 1 fully saturated rings. The predicted molar refractivity (Wildman–Crippen MR) is 125 cm³/mol. The van der Waals surface area contributed by atoms with Crippen LogP contribution in [0.4, 0.5) is 0 Å². The molecule has 1 saturated heterocycles. The molecule has 3 rings (SSSR count). The highest BCUT2D eigenvalue weighted by Gasteiger charge is 2.33. The first-order valence-corrected chi connectivity index (χ1v) is 12.9. The van der Waals surface area contributed by atoms with E-state index in [2.05, 4.69) is 49.1 Å². The van der Waals surface area contributed by atoms with Gasteiger partial charge in [0, 0.05) is 19.1 Å². The predicted octanol–water partition coefficient (Wildman–Crippen LogP) is 3.86. The van der Waals surface area contributed by atoms with Gasteiger partial charge in [-0.3, -0.25) is 4.90 Å². The van der Waals surface area contributed by atoms with Crippen molar-refractivity contribution in [1.29, 1.82) is 0 Å². The molecule has 0 radical (unpaired) electrons. The Morgan fingerprint density at radius 3 is 2.29 bits per heavy atom. The van der Waals surface area contributed by atoms with E-state index in [1.165, 1.54) is 5.56 Å². The summed E-state index contributed by atoms with van der Waals surface area (Å²) in [5.74, 6) is 1.59. The summed E-state index contributed by atoms with van der Waals surface area (Å²) in [5, 5.41) is 10.7. The molecule has 0 spiro atoms. The molecule has 31 heavy (non-hydrogen) atoms. The van der Waals surface area contributed by atoms with E-state index in [1.807, 2.05) is 26.0 Å². The van der Waals surface area contributed by atoms with Crippen LogP contribution in [0.5, 0.6) is 5.75 Å². The van der Waals surface area contributed by atoms with Crippen molar-refractivity contribution < 1.29 is 18.3 Å². The molecule has 1 N–H and O–H groups in total. The van der Waals surface area contributed by atoms with Crippen LogP contribution in [0, 0.1) is 13.8 Å². The molecule has 1 heterocycles. The third-order valence-electron chi connectivity index (χ3n) is 5.84. The Morgan fingerprint density at radius 2 is 1.74 bits per heavy atom. The van der Waals surface area contributed by atoms with E-state index in [1.54, 1.807) is 0 Å². The molecule has 0 aromatic heterocycles. The Labute approximate surface area is 187 Å². The standard InChI is InChI=1S/C25H35NO4S/c1-18(2)22-7-5-21(6-8-22)14-26(23-9-10-31(28,29)17-23)15-24(27)16-30-25-12-19(3)11-20(4)13-25/h5-8,11-13,18,23-24,27H,9-10,14-17H2,1-4H3. The fourth-order valence-electron chi connectivity index (χ4n) is 4.18. The molecule has 2 aromatic rings. The van der Waals surface area contributed by atoms with Gasteiger partial charge in [-0.25, -0.2) is 8.42 Å². The van der Waals surface area contributed by atoms with E-state index in [-0.39, 0.29) is 24.2 Å². The highest BCUT2D eigenvalue weighted by Crippen LogP contribution is 2.22. The van der Waals surface area contributed by atoms with Gasteiger partial charge < -0.3 is 9.84 Å². The van der Waals surface area contributed by atoms with Crippen molar-refractivity contribution in [1.82, 2.24) is 4.90 Å². The van der Waals surface area contributed by atoms with Crippen molar-refractivity contribution in [2.24, 2.45) is 0 Å². The van der Waals surface area contributed by atoms with Gasteiger partial charge in [-0.2, -0.15) is 0 Å². The highest BCUT2D eigenvalue weighted by molar-refractivity contribution is 7.91. The number of rotatable bonds is 9. The fourth-order valence-corrected chi connectivity index (χ4v) is 5.94. The number of sulfone groups is 1. The Hall–Kier alpha value is -1.89. The minimum Gasteiger partial charge on any atom is -0.491 e. The summed E-state index contributed by atoms with van der Waals surface area (Å²) in [6.45, 7) is 9.51. The zero-order valence-corrected chi connectivity index (χ0v) is 19.9. The Bertz CT molecular complexity index is 949. The molecule has 0 saturated carbocycles. The molecular formula is C25H35NO4S. The average molecular weight is 446 g/mol. The van der Waals surface area contributed by atoms with Gasteiger partial charge in [-0.15, -0.1) is 0 Å². The lowest BCUT2D eigenvalue weighted by atomic mass is 10.0. The van der Waals surface area contributed by atoms with Crippen LogP contribution in [-0.2, 0) is 16.4 Å². The third-order valence-corrected chi connectivity index (χ3v) is 7.59. The van der Waals surface area contributed by atoms with E-state index >= 15 is 0 Å². The van der Waals surface area contributed by atoms with Gasteiger partial charge in [-0.05, 0) is 60.6 Å². The lowest BCUT2D eigenvalue weighted by molar-refractivity contribution is 0.0524. The van der Waals surface area contributed by atoms with E-state index in [9.17, 15) is 13.5 Å². The topological polar surface area (TPSA) is 66.8 Å². The maximum absolute atomic E-state index is 12.1. The Morgan fingerprint density at radius 1 is 1.10 bits per heavy atom. The van der Waals surface area contributed by atoms with Crippen LogP contribution >= 0.6 is 0 Å². The number of aliphatic hydroxyl groups excluding tert-OH is 1. The lowest BCUT2D eigenvalue weighted by Gasteiger charge is -2.30. The van der Waals surface area contributed by atoms with Crippen molar-refractivity contribution in [3.8, 4) is 5.75 Å². The maximum atomic E-state index is 12.1. The Balaban J connectivity index is 1.67. The van der Waals surface area contributed by atoms with Crippen LogP contribution in [0.15, 0.2) is 42.5 Å². The number of hydrogen-bond acceptors (Lipinski definition) is 5. The summed E-state index contributed by atoms with van der Waals surface area (Å²) in [6, 6.07) is 14.4. The second-order valence-corrected chi connectivity index (χ2v) is 11.4. The van der Waals surface area contributed by atoms with Crippen LogP contribution in [0.25, 0.3) is 0 Å². The van der Waals surface area contributed by atoms with Crippen molar-refractivity contribution in [3.05, 3.63) is 64.7 Å². The van der Waals surface area contributed by atoms with Crippen molar-refractivity contribution in [2.75, 3.05) is 24.7 Å². The number of aryl methyl sites for hydroxylation is 2. The van der Waals surface area contributed by atoms with Crippen LogP contribution in [0.3, 0.4) is 0 Å². The van der Waals surface area contributed by atoms with Gasteiger partial charge in [0.1, 0.15) is 18.5 Å². The molecule has 0 amide bonds. The van der Waals surface area contributed by atoms with Gasteiger partial charge in [0.05, 0.1) is 11.5 Å². The van der Waals surface area contributed by atoms with Gasteiger partial charge in [0.15, 0.2) is 9.84 Å². The lowest BCUT2D eigenvalue weighted by Crippen LogP contribution is -2.42.